The van der Waals surface area contributed by atoms with Gasteiger partial charge in [-0.15, -0.1) is 0 Å². The molecule has 1 saturated heterocycles. The van der Waals surface area contributed by atoms with Gasteiger partial charge in [0.05, 0.1) is 13.0 Å². The maximum atomic E-state index is 13.9. The van der Waals surface area contributed by atoms with Gasteiger partial charge in [-0.2, -0.15) is 0 Å². The third-order valence-electron chi connectivity index (χ3n) is 9.97. The Morgan fingerprint density at radius 3 is 2.32 bits per heavy atom. The van der Waals surface area contributed by atoms with Crippen molar-refractivity contribution >= 4 is 11.8 Å². The summed E-state index contributed by atoms with van der Waals surface area (Å²) in [5, 5.41) is 34.8. The summed E-state index contributed by atoms with van der Waals surface area (Å²) in [5.41, 5.74) is -9.25. The Morgan fingerprint density at radius 1 is 1.08 bits per heavy atom. The number of aliphatic hydroxyl groups is 3. The van der Waals surface area contributed by atoms with E-state index in [1.54, 1.807) is 6.92 Å². The molecule has 10 heteroatoms. The topological polar surface area (TPSA) is 141 Å². The van der Waals surface area contributed by atoms with Crippen LogP contribution in [0.3, 0.4) is 0 Å². The summed E-state index contributed by atoms with van der Waals surface area (Å²) in [6.45, 7) is 8.93. The van der Waals surface area contributed by atoms with E-state index in [0.717, 1.165) is 25.7 Å². The van der Waals surface area contributed by atoms with Crippen molar-refractivity contribution in [2.24, 2.45) is 16.7 Å². The number of esters is 1. The molecule has 0 spiro atoms. The zero-order valence-electron chi connectivity index (χ0n) is 23.3. The zero-order valence-corrected chi connectivity index (χ0v) is 23.3. The molecule has 3 N–H and O–H groups in total. The van der Waals surface area contributed by atoms with Crippen molar-refractivity contribution in [3.63, 3.8) is 0 Å². The molecule has 38 heavy (non-hydrogen) atoms. The van der Waals surface area contributed by atoms with Gasteiger partial charge in [-0.1, -0.05) is 40.5 Å². The summed E-state index contributed by atoms with van der Waals surface area (Å²) in [5.74, 6) is -2.34. The number of ether oxygens (including phenoxy) is 5. The number of aliphatic hydroxyl groups excluding tert-OH is 2. The standard InChI is InChI=1S/C28H44O10/c1-6-8-12-34-16-36-23-18(3)10-11-26(37-17-35-13-9-7-2)24(5)14-20(30)38-28(23,26)27(33)19(4)21(31)22(32)25(24,27)15-29/h18,23,29,31,33H,6-17H2,1-5H3. The fraction of sp³-hybridized carbons (Fsp3) is 0.857. The molecule has 4 rings (SSSR count). The highest BCUT2D eigenvalue weighted by Gasteiger charge is 2.97. The molecule has 0 aromatic carbocycles. The molecule has 0 aromatic heterocycles. The Balaban J connectivity index is 1.92. The quantitative estimate of drug-likeness (QED) is 0.181. The van der Waals surface area contributed by atoms with E-state index in [4.69, 9.17) is 23.7 Å². The van der Waals surface area contributed by atoms with Crippen molar-refractivity contribution < 1.29 is 48.6 Å². The molecule has 7 atom stereocenters. The minimum Gasteiger partial charge on any atom is -0.504 e. The molecule has 4 aliphatic rings. The van der Waals surface area contributed by atoms with Gasteiger partial charge in [0, 0.05) is 24.2 Å². The average molecular weight is 541 g/mol. The molecular formula is C28H44O10. The number of Topliss-reactive ketones (excluding diaryl/α,β-unsaturated/α-hetero) is 1. The second-order valence-electron chi connectivity index (χ2n) is 11.6. The molecule has 2 bridgehead atoms. The van der Waals surface area contributed by atoms with E-state index >= 15 is 0 Å². The van der Waals surface area contributed by atoms with E-state index in [-0.39, 0.29) is 31.5 Å². The Bertz CT molecular complexity index is 965. The summed E-state index contributed by atoms with van der Waals surface area (Å²) in [6, 6.07) is 0. The normalized spacial score (nSPS) is 41.9. The summed E-state index contributed by atoms with van der Waals surface area (Å²) < 4.78 is 30.6. The van der Waals surface area contributed by atoms with E-state index in [1.165, 1.54) is 6.92 Å². The number of allylic oxidation sites excluding steroid dienone is 1. The van der Waals surface area contributed by atoms with Crippen LogP contribution in [0.1, 0.15) is 79.6 Å². The summed E-state index contributed by atoms with van der Waals surface area (Å²) in [4.78, 5) is 27.2. The highest BCUT2D eigenvalue weighted by Crippen LogP contribution is 2.80. The van der Waals surface area contributed by atoms with Crippen LogP contribution in [-0.4, -0.2) is 83.4 Å². The average Bonchev–Trinajstić information content (AvgIpc) is 3.07. The Labute approximate surface area is 224 Å². The number of rotatable bonds is 13. The molecule has 0 radical (unpaired) electrons. The van der Waals surface area contributed by atoms with E-state index in [0.29, 0.717) is 26.1 Å². The first kappa shape index (κ1) is 29.4. The van der Waals surface area contributed by atoms with Crippen molar-refractivity contribution in [2.45, 2.75) is 102 Å². The van der Waals surface area contributed by atoms with Gasteiger partial charge in [-0.05, 0) is 38.5 Å². The van der Waals surface area contributed by atoms with Crippen LogP contribution in [0.2, 0.25) is 0 Å². The van der Waals surface area contributed by atoms with Crippen LogP contribution in [0.5, 0.6) is 0 Å². The maximum Gasteiger partial charge on any atom is 0.307 e. The number of fused-ring (bicyclic) bond motifs is 2. The van der Waals surface area contributed by atoms with Gasteiger partial charge in [0.1, 0.15) is 30.7 Å². The van der Waals surface area contributed by atoms with Crippen molar-refractivity contribution in [1.29, 1.82) is 0 Å². The second-order valence-corrected chi connectivity index (χ2v) is 11.6. The van der Waals surface area contributed by atoms with Crippen LogP contribution in [-0.2, 0) is 33.3 Å². The molecule has 3 fully saturated rings. The predicted molar refractivity (Wildman–Crippen MR) is 135 cm³/mol. The van der Waals surface area contributed by atoms with Crippen LogP contribution in [0, 0.1) is 16.7 Å². The molecule has 0 amide bonds. The van der Waals surface area contributed by atoms with Crippen LogP contribution in [0.25, 0.3) is 0 Å². The van der Waals surface area contributed by atoms with E-state index in [1.807, 2.05) is 20.8 Å². The lowest BCUT2D eigenvalue weighted by Crippen LogP contribution is -2.78. The minimum atomic E-state index is -2.30. The zero-order chi connectivity index (χ0) is 28.0. The van der Waals surface area contributed by atoms with Gasteiger partial charge in [0.15, 0.2) is 11.4 Å². The predicted octanol–water partition coefficient (Wildman–Crippen LogP) is 2.94. The number of carbonyl (C=O) groups is 2. The van der Waals surface area contributed by atoms with Crippen LogP contribution in [0.4, 0.5) is 0 Å². The summed E-state index contributed by atoms with van der Waals surface area (Å²) >= 11 is 0. The molecule has 1 heterocycles. The Kier molecular flexibility index (Phi) is 8.09. The molecule has 10 nitrogen and oxygen atoms in total. The second kappa shape index (κ2) is 10.4. The first-order valence-electron chi connectivity index (χ1n) is 13.9. The highest BCUT2D eigenvalue weighted by molar-refractivity contribution is 6.06. The molecule has 3 aliphatic carbocycles. The van der Waals surface area contributed by atoms with Crippen LogP contribution in [0.15, 0.2) is 11.3 Å². The monoisotopic (exact) mass is 540 g/mol. The molecular weight excluding hydrogens is 496 g/mol. The van der Waals surface area contributed by atoms with Gasteiger partial charge in [0.2, 0.25) is 11.4 Å². The summed E-state index contributed by atoms with van der Waals surface area (Å²) in [7, 11) is 0. The van der Waals surface area contributed by atoms with Crippen LogP contribution < -0.4 is 0 Å². The fourth-order valence-electron chi connectivity index (χ4n) is 8.07. The largest absolute Gasteiger partial charge is 0.504 e. The Hall–Kier alpha value is -1.56. The van der Waals surface area contributed by atoms with Gasteiger partial charge in [0.25, 0.3) is 0 Å². The lowest BCUT2D eigenvalue weighted by Gasteiger charge is -2.62. The van der Waals surface area contributed by atoms with Gasteiger partial charge in [-0.3, -0.25) is 9.59 Å². The third-order valence-corrected chi connectivity index (χ3v) is 9.97. The van der Waals surface area contributed by atoms with Crippen molar-refractivity contribution in [3.05, 3.63) is 11.3 Å². The minimum absolute atomic E-state index is 0.0653. The third kappa shape index (κ3) is 3.34. The van der Waals surface area contributed by atoms with Crippen molar-refractivity contribution in [2.75, 3.05) is 33.4 Å². The molecule has 2 saturated carbocycles. The number of unbranched alkanes of at least 4 members (excludes halogenated alkanes) is 2. The van der Waals surface area contributed by atoms with Crippen molar-refractivity contribution in [1.82, 2.24) is 0 Å². The van der Waals surface area contributed by atoms with Gasteiger partial charge in [-0.25, -0.2) is 0 Å². The highest BCUT2D eigenvalue weighted by atomic mass is 16.7. The first-order valence-corrected chi connectivity index (χ1v) is 13.9. The lowest BCUT2D eigenvalue weighted by atomic mass is 9.53. The molecule has 216 valence electrons. The number of hydrogen-bond donors (Lipinski definition) is 3. The van der Waals surface area contributed by atoms with E-state index in [2.05, 4.69) is 0 Å². The maximum absolute atomic E-state index is 13.9. The van der Waals surface area contributed by atoms with Gasteiger partial charge >= 0.3 is 5.97 Å². The van der Waals surface area contributed by atoms with E-state index < -0.39 is 57.9 Å². The fourth-order valence-corrected chi connectivity index (χ4v) is 8.07. The smallest absolute Gasteiger partial charge is 0.307 e. The lowest BCUT2D eigenvalue weighted by molar-refractivity contribution is -0.345. The van der Waals surface area contributed by atoms with Crippen molar-refractivity contribution in [3.8, 4) is 0 Å². The Morgan fingerprint density at radius 2 is 1.71 bits per heavy atom. The summed E-state index contributed by atoms with van der Waals surface area (Å²) in [6.07, 6.45) is 3.16. The molecule has 0 aromatic rings. The molecule has 7 unspecified atom stereocenters. The number of carbonyl (C=O) groups excluding carboxylic acids is 2. The van der Waals surface area contributed by atoms with Gasteiger partial charge < -0.3 is 39.0 Å². The number of hydrogen-bond acceptors (Lipinski definition) is 10. The molecule has 1 aliphatic heterocycles. The van der Waals surface area contributed by atoms with Crippen LogP contribution >= 0.6 is 0 Å². The number of ketones is 1. The first-order chi connectivity index (χ1) is 18.0. The SMILES string of the molecule is CCCCOCOC1C(C)CCC2(OCOCCCC)C3(C)CC(=O)OC12C1(O)C(C)=C(O)C(=O)C31CO. The van der Waals surface area contributed by atoms with E-state index in [9.17, 15) is 24.9 Å².